The minimum Gasteiger partial charge on any atom is -0.465 e. The molecule has 0 bridgehead atoms. The zero-order valence-corrected chi connectivity index (χ0v) is 10.1. The van der Waals surface area contributed by atoms with Gasteiger partial charge in [0.1, 0.15) is 6.04 Å². The van der Waals surface area contributed by atoms with E-state index in [0.29, 0.717) is 0 Å². The van der Waals surface area contributed by atoms with Gasteiger partial charge < -0.3 is 15.3 Å². The number of carbonyl (C=O) groups excluding carboxylic acids is 1. The zero-order chi connectivity index (χ0) is 13.3. The summed E-state index contributed by atoms with van der Waals surface area (Å²) in [6.07, 6.45) is -1.33. The van der Waals surface area contributed by atoms with Crippen molar-refractivity contribution < 1.29 is 24.2 Å². The second-order valence-electron chi connectivity index (χ2n) is 3.80. The van der Waals surface area contributed by atoms with E-state index in [1.54, 1.807) is 18.2 Å². The van der Waals surface area contributed by atoms with Gasteiger partial charge >= 0.3 is 13.6 Å². The summed E-state index contributed by atoms with van der Waals surface area (Å²) < 4.78 is 12.9. The molecule has 1 heterocycles. The Morgan fingerprint density at radius 1 is 1.39 bits per heavy atom. The molecule has 0 saturated carbocycles. The average molecular weight is 270 g/mol. The molecule has 2 amide bonds. The highest BCUT2D eigenvalue weighted by atomic mass is 31.2. The van der Waals surface area contributed by atoms with Gasteiger partial charge in [-0.25, -0.2) is 4.79 Å². The van der Waals surface area contributed by atoms with Crippen molar-refractivity contribution in [3.05, 3.63) is 30.3 Å². The standard InChI is InChI=1S/C10H11N2O5P/c13-9-8(11-10(14)15)6-12(9)18(16,17)7-4-2-1-3-5-7/h1-5,8,11H,6H2,(H,14,15)(H,16,17). The number of hydrogen-bond donors (Lipinski definition) is 3. The topological polar surface area (TPSA) is 107 Å². The molecule has 1 aliphatic heterocycles. The third-order valence-corrected chi connectivity index (χ3v) is 4.61. The van der Waals surface area contributed by atoms with Crippen molar-refractivity contribution in [2.45, 2.75) is 6.04 Å². The number of hydrogen-bond acceptors (Lipinski definition) is 3. The summed E-state index contributed by atoms with van der Waals surface area (Å²) in [7, 11) is -3.94. The van der Waals surface area contributed by atoms with Crippen LogP contribution in [0.3, 0.4) is 0 Å². The molecule has 2 unspecified atom stereocenters. The summed E-state index contributed by atoms with van der Waals surface area (Å²) >= 11 is 0. The number of nitrogens with one attached hydrogen (secondary N) is 1. The first-order valence-electron chi connectivity index (χ1n) is 5.12. The Kier molecular flexibility index (Phi) is 3.11. The fourth-order valence-electron chi connectivity index (χ4n) is 1.67. The van der Waals surface area contributed by atoms with Crippen LogP contribution in [0.1, 0.15) is 0 Å². The first-order chi connectivity index (χ1) is 8.43. The monoisotopic (exact) mass is 270 g/mol. The van der Waals surface area contributed by atoms with Gasteiger partial charge in [-0.2, -0.15) is 0 Å². The van der Waals surface area contributed by atoms with Crippen LogP contribution < -0.4 is 10.6 Å². The highest BCUT2D eigenvalue weighted by molar-refractivity contribution is 7.64. The Labute approximate surface area is 103 Å². The van der Waals surface area contributed by atoms with Gasteiger partial charge in [-0.05, 0) is 12.1 Å². The maximum absolute atomic E-state index is 12.1. The van der Waals surface area contributed by atoms with Crippen LogP contribution >= 0.6 is 7.52 Å². The molecule has 2 rings (SSSR count). The Morgan fingerprint density at radius 2 is 2.00 bits per heavy atom. The van der Waals surface area contributed by atoms with Gasteiger partial charge in [-0.1, -0.05) is 18.2 Å². The molecule has 1 aromatic rings. The Morgan fingerprint density at radius 3 is 2.50 bits per heavy atom. The van der Waals surface area contributed by atoms with E-state index >= 15 is 0 Å². The first kappa shape index (κ1) is 12.6. The molecule has 1 fully saturated rings. The predicted molar refractivity (Wildman–Crippen MR) is 62.6 cm³/mol. The maximum Gasteiger partial charge on any atom is 0.405 e. The quantitative estimate of drug-likeness (QED) is 0.528. The zero-order valence-electron chi connectivity index (χ0n) is 9.18. The fourth-order valence-corrected chi connectivity index (χ4v) is 3.30. The van der Waals surface area contributed by atoms with Crippen LogP contribution in [0.4, 0.5) is 4.79 Å². The number of nitrogens with zero attached hydrogens (tertiary/aromatic N) is 1. The molecule has 8 heteroatoms. The van der Waals surface area contributed by atoms with Crippen LogP contribution in [-0.2, 0) is 9.36 Å². The lowest BCUT2D eigenvalue weighted by molar-refractivity contribution is -0.137. The number of carbonyl (C=O) groups is 2. The lowest BCUT2D eigenvalue weighted by atomic mass is 10.2. The number of amides is 2. The average Bonchev–Trinajstić information content (AvgIpc) is 2.34. The van der Waals surface area contributed by atoms with Crippen molar-refractivity contribution in [2.24, 2.45) is 0 Å². The van der Waals surface area contributed by atoms with Crippen LogP contribution in [0.15, 0.2) is 30.3 Å². The normalized spacial score (nSPS) is 21.9. The van der Waals surface area contributed by atoms with E-state index in [4.69, 9.17) is 5.11 Å². The van der Waals surface area contributed by atoms with Crippen LogP contribution in [0.25, 0.3) is 0 Å². The van der Waals surface area contributed by atoms with Gasteiger partial charge in [0.25, 0.3) is 5.91 Å². The van der Waals surface area contributed by atoms with Crippen molar-refractivity contribution in [2.75, 3.05) is 6.54 Å². The highest BCUT2D eigenvalue weighted by Gasteiger charge is 2.47. The summed E-state index contributed by atoms with van der Waals surface area (Å²) in [5.74, 6) is -0.688. The van der Waals surface area contributed by atoms with Crippen LogP contribution in [0.2, 0.25) is 0 Å². The summed E-state index contributed by atoms with van der Waals surface area (Å²) in [5, 5.41) is 10.6. The largest absolute Gasteiger partial charge is 0.465 e. The summed E-state index contributed by atoms with van der Waals surface area (Å²) in [6, 6.07) is 6.84. The third-order valence-electron chi connectivity index (χ3n) is 2.63. The molecule has 1 aliphatic rings. The number of benzene rings is 1. The maximum atomic E-state index is 12.1. The van der Waals surface area contributed by atoms with Gasteiger partial charge in [-0.3, -0.25) is 14.0 Å². The second-order valence-corrected chi connectivity index (χ2v) is 5.89. The first-order valence-corrected chi connectivity index (χ1v) is 6.74. The van der Waals surface area contributed by atoms with Crippen molar-refractivity contribution in [3.8, 4) is 0 Å². The molecule has 18 heavy (non-hydrogen) atoms. The van der Waals surface area contributed by atoms with E-state index < -0.39 is 25.6 Å². The van der Waals surface area contributed by atoms with Crippen LogP contribution in [-0.4, -0.2) is 39.3 Å². The van der Waals surface area contributed by atoms with Crippen molar-refractivity contribution in [1.82, 2.24) is 9.99 Å². The minimum absolute atomic E-state index is 0.103. The molecule has 1 saturated heterocycles. The van der Waals surface area contributed by atoms with E-state index in [1.807, 2.05) is 5.32 Å². The molecule has 1 aromatic carbocycles. The van der Waals surface area contributed by atoms with E-state index in [2.05, 4.69) is 0 Å². The van der Waals surface area contributed by atoms with Gasteiger partial charge in [0.15, 0.2) is 0 Å². The van der Waals surface area contributed by atoms with Crippen molar-refractivity contribution >= 4 is 24.8 Å². The van der Waals surface area contributed by atoms with E-state index in [1.165, 1.54) is 12.1 Å². The van der Waals surface area contributed by atoms with E-state index in [0.717, 1.165) is 4.67 Å². The molecular formula is C10H11N2O5P. The molecule has 0 radical (unpaired) electrons. The Bertz CT molecular complexity index is 532. The lowest BCUT2D eigenvalue weighted by Gasteiger charge is -2.40. The molecule has 96 valence electrons. The summed E-state index contributed by atoms with van der Waals surface area (Å²) in [4.78, 5) is 31.9. The minimum atomic E-state index is -3.94. The molecular weight excluding hydrogens is 259 g/mol. The van der Waals surface area contributed by atoms with Gasteiger partial charge in [0.2, 0.25) is 0 Å². The number of carboxylic acid groups (broad SMARTS) is 1. The third kappa shape index (κ3) is 2.10. The number of β-lactam (4-membered cyclic amide) rings is 1. The van der Waals surface area contributed by atoms with Gasteiger partial charge in [0, 0.05) is 0 Å². The van der Waals surface area contributed by atoms with E-state index in [9.17, 15) is 19.0 Å². The van der Waals surface area contributed by atoms with Crippen LogP contribution in [0, 0.1) is 0 Å². The van der Waals surface area contributed by atoms with Gasteiger partial charge in [-0.15, -0.1) is 0 Å². The number of rotatable bonds is 3. The summed E-state index contributed by atoms with van der Waals surface area (Å²) in [6.45, 7) is -0.103. The predicted octanol–water partition coefficient (Wildman–Crippen LogP) is -0.0243. The van der Waals surface area contributed by atoms with E-state index in [-0.39, 0.29) is 11.8 Å². The van der Waals surface area contributed by atoms with Gasteiger partial charge in [0.05, 0.1) is 11.8 Å². The highest BCUT2D eigenvalue weighted by Crippen LogP contribution is 2.47. The fraction of sp³-hybridized carbons (Fsp3) is 0.200. The smallest absolute Gasteiger partial charge is 0.405 e. The van der Waals surface area contributed by atoms with Crippen molar-refractivity contribution in [1.29, 1.82) is 0 Å². The molecule has 2 atom stereocenters. The van der Waals surface area contributed by atoms with Crippen molar-refractivity contribution in [3.63, 3.8) is 0 Å². The molecule has 0 aliphatic carbocycles. The summed E-state index contributed by atoms with van der Waals surface area (Å²) in [5.41, 5.74) is 0. The SMILES string of the molecule is O=C(O)NC1CN(P(=O)(O)c2ccccc2)C1=O. The molecule has 7 nitrogen and oxygen atoms in total. The Balaban J connectivity index is 2.13. The van der Waals surface area contributed by atoms with Crippen LogP contribution in [0.5, 0.6) is 0 Å². The second kappa shape index (κ2) is 4.44. The molecule has 3 N–H and O–H groups in total. The Hall–Kier alpha value is -1.85. The lowest BCUT2D eigenvalue weighted by Crippen LogP contribution is -2.62. The molecule has 0 spiro atoms. The molecule has 0 aromatic heterocycles.